The van der Waals surface area contributed by atoms with Gasteiger partial charge < -0.3 is 5.11 Å². The van der Waals surface area contributed by atoms with Crippen LogP contribution in [-0.4, -0.2) is 22.9 Å². The van der Waals surface area contributed by atoms with Crippen molar-refractivity contribution >= 4 is 29.5 Å². The molecule has 0 atom stereocenters. The average molecular weight is 263 g/mol. The minimum Gasteiger partial charge on any atom is -0.478 e. The molecule has 0 unspecified atom stereocenters. The molecular weight excluding hydrogens is 253 g/mol. The molecule has 1 aliphatic heterocycles. The van der Waals surface area contributed by atoms with Crippen molar-refractivity contribution < 1.29 is 23.9 Å². The Hall–Kier alpha value is -2.50. The molecule has 0 radical (unpaired) electrons. The highest BCUT2D eigenvalue weighted by atomic mass is 19.1. The summed E-state index contributed by atoms with van der Waals surface area (Å²) in [6.07, 6.45) is 2.27. The van der Waals surface area contributed by atoms with Gasteiger partial charge in [-0.25, -0.2) is 14.1 Å². The SMILES string of the molecule is O=C(O)/C=C/c1ccc(N2C(=O)CCC2=O)c(F)c1. The summed E-state index contributed by atoms with van der Waals surface area (Å²) < 4.78 is 13.8. The first-order valence-corrected chi connectivity index (χ1v) is 5.55. The van der Waals surface area contributed by atoms with E-state index in [0.717, 1.165) is 17.0 Å². The van der Waals surface area contributed by atoms with Crippen LogP contribution in [0.4, 0.5) is 10.1 Å². The van der Waals surface area contributed by atoms with Crippen molar-refractivity contribution in [1.82, 2.24) is 0 Å². The smallest absolute Gasteiger partial charge is 0.328 e. The van der Waals surface area contributed by atoms with Gasteiger partial charge in [-0.3, -0.25) is 9.59 Å². The monoisotopic (exact) mass is 263 g/mol. The van der Waals surface area contributed by atoms with Gasteiger partial charge in [0.15, 0.2) is 0 Å². The molecule has 19 heavy (non-hydrogen) atoms. The number of hydrogen-bond donors (Lipinski definition) is 1. The number of amides is 2. The van der Waals surface area contributed by atoms with Gasteiger partial charge in [-0.1, -0.05) is 6.07 Å². The maximum atomic E-state index is 13.8. The third-order valence-corrected chi connectivity index (χ3v) is 2.68. The van der Waals surface area contributed by atoms with Crippen LogP contribution in [0.1, 0.15) is 18.4 Å². The second-order valence-electron chi connectivity index (χ2n) is 4.01. The van der Waals surface area contributed by atoms with Crippen LogP contribution in [0.25, 0.3) is 6.08 Å². The number of anilines is 1. The van der Waals surface area contributed by atoms with Crippen molar-refractivity contribution in [2.24, 2.45) is 0 Å². The first kappa shape index (κ1) is 12.9. The highest BCUT2D eigenvalue weighted by molar-refractivity contribution is 6.19. The predicted molar refractivity (Wildman–Crippen MR) is 64.8 cm³/mol. The number of carboxylic acids is 1. The summed E-state index contributed by atoms with van der Waals surface area (Å²) in [5.41, 5.74) is 0.239. The number of hydrogen-bond acceptors (Lipinski definition) is 3. The Morgan fingerprint density at radius 2 is 1.89 bits per heavy atom. The number of imide groups is 1. The van der Waals surface area contributed by atoms with E-state index in [1.54, 1.807) is 0 Å². The molecule has 0 aromatic heterocycles. The van der Waals surface area contributed by atoms with Crippen LogP contribution in [0.15, 0.2) is 24.3 Å². The summed E-state index contributed by atoms with van der Waals surface area (Å²) in [6.45, 7) is 0. The number of nitrogens with zero attached hydrogens (tertiary/aromatic N) is 1. The number of carbonyl (C=O) groups excluding carboxylic acids is 2. The third kappa shape index (κ3) is 2.67. The maximum Gasteiger partial charge on any atom is 0.328 e. The van der Waals surface area contributed by atoms with E-state index in [4.69, 9.17) is 5.11 Å². The van der Waals surface area contributed by atoms with Gasteiger partial charge in [-0.2, -0.15) is 0 Å². The molecule has 5 nitrogen and oxygen atoms in total. The standard InChI is InChI=1S/C13H10FNO4/c14-9-7-8(2-6-13(18)19)1-3-10(9)15-11(16)4-5-12(15)17/h1-3,6-7H,4-5H2,(H,18,19)/b6-2+. The van der Waals surface area contributed by atoms with Gasteiger partial charge in [0.25, 0.3) is 0 Å². The van der Waals surface area contributed by atoms with Crippen molar-refractivity contribution in [1.29, 1.82) is 0 Å². The van der Waals surface area contributed by atoms with E-state index in [9.17, 15) is 18.8 Å². The molecule has 0 saturated carbocycles. The van der Waals surface area contributed by atoms with Gasteiger partial charge >= 0.3 is 5.97 Å². The van der Waals surface area contributed by atoms with Gasteiger partial charge in [-0.05, 0) is 23.8 Å². The summed E-state index contributed by atoms with van der Waals surface area (Å²) in [5.74, 6) is -2.75. The number of halogens is 1. The molecule has 1 aliphatic rings. The lowest BCUT2D eigenvalue weighted by atomic mass is 10.1. The second kappa shape index (κ2) is 5.01. The molecule has 1 heterocycles. The van der Waals surface area contributed by atoms with Crippen molar-refractivity contribution in [3.8, 4) is 0 Å². The number of rotatable bonds is 3. The maximum absolute atomic E-state index is 13.8. The quantitative estimate of drug-likeness (QED) is 0.663. The third-order valence-electron chi connectivity index (χ3n) is 2.68. The second-order valence-corrected chi connectivity index (χ2v) is 4.01. The summed E-state index contributed by atoms with van der Waals surface area (Å²) in [4.78, 5) is 34.1. The van der Waals surface area contributed by atoms with Crippen LogP contribution in [0.3, 0.4) is 0 Å². The Bertz CT molecular complexity index is 578. The molecular formula is C13H10FNO4. The fourth-order valence-electron chi connectivity index (χ4n) is 1.82. The van der Waals surface area contributed by atoms with E-state index >= 15 is 0 Å². The van der Waals surface area contributed by atoms with E-state index in [0.29, 0.717) is 5.56 Å². The summed E-state index contributed by atoms with van der Waals surface area (Å²) in [6, 6.07) is 3.81. The molecule has 0 spiro atoms. The lowest BCUT2D eigenvalue weighted by Crippen LogP contribution is -2.29. The van der Waals surface area contributed by atoms with Crippen molar-refractivity contribution in [2.45, 2.75) is 12.8 Å². The van der Waals surface area contributed by atoms with Gasteiger partial charge in [-0.15, -0.1) is 0 Å². The highest BCUT2D eigenvalue weighted by Crippen LogP contribution is 2.26. The molecule has 6 heteroatoms. The number of carboxylic acid groups (broad SMARTS) is 1. The molecule has 1 N–H and O–H groups in total. The van der Waals surface area contributed by atoms with Crippen molar-refractivity contribution in [2.75, 3.05) is 4.90 Å². The lowest BCUT2D eigenvalue weighted by molar-refractivity contribution is -0.131. The fourth-order valence-corrected chi connectivity index (χ4v) is 1.82. The largest absolute Gasteiger partial charge is 0.478 e. The molecule has 2 rings (SSSR count). The number of benzene rings is 1. The first-order chi connectivity index (χ1) is 8.99. The highest BCUT2D eigenvalue weighted by Gasteiger charge is 2.31. The molecule has 0 bridgehead atoms. The zero-order valence-electron chi connectivity index (χ0n) is 9.80. The van der Waals surface area contributed by atoms with Crippen LogP contribution in [-0.2, 0) is 14.4 Å². The Morgan fingerprint density at radius 3 is 2.42 bits per heavy atom. The van der Waals surface area contributed by atoms with E-state index in [1.165, 1.54) is 18.2 Å². The Balaban J connectivity index is 2.32. The van der Waals surface area contributed by atoms with Crippen LogP contribution in [0.5, 0.6) is 0 Å². The predicted octanol–water partition coefficient (Wildman–Crippen LogP) is 1.58. The molecule has 1 saturated heterocycles. The zero-order valence-corrected chi connectivity index (χ0v) is 9.80. The van der Waals surface area contributed by atoms with Crippen molar-refractivity contribution in [3.63, 3.8) is 0 Å². The van der Waals surface area contributed by atoms with Crippen LogP contribution in [0.2, 0.25) is 0 Å². The number of aliphatic carboxylic acids is 1. The lowest BCUT2D eigenvalue weighted by Gasteiger charge is -2.14. The summed E-state index contributed by atoms with van der Waals surface area (Å²) in [7, 11) is 0. The van der Waals surface area contributed by atoms with Crippen LogP contribution >= 0.6 is 0 Å². The zero-order chi connectivity index (χ0) is 14.0. The molecule has 2 amide bonds. The normalized spacial score (nSPS) is 15.5. The minimum absolute atomic E-state index is 0.0823. The first-order valence-electron chi connectivity index (χ1n) is 5.55. The van der Waals surface area contributed by atoms with Crippen LogP contribution < -0.4 is 4.90 Å². The van der Waals surface area contributed by atoms with Gasteiger partial charge in [0.05, 0.1) is 5.69 Å². The van der Waals surface area contributed by atoms with E-state index in [1.807, 2.05) is 0 Å². The Morgan fingerprint density at radius 1 is 1.26 bits per heavy atom. The molecule has 1 aromatic rings. The van der Waals surface area contributed by atoms with Crippen molar-refractivity contribution in [3.05, 3.63) is 35.7 Å². The number of carbonyl (C=O) groups is 3. The molecule has 0 aliphatic carbocycles. The van der Waals surface area contributed by atoms with E-state index < -0.39 is 23.6 Å². The van der Waals surface area contributed by atoms with E-state index in [-0.39, 0.29) is 18.5 Å². The van der Waals surface area contributed by atoms with Crippen LogP contribution in [0, 0.1) is 5.82 Å². The summed E-state index contributed by atoms with van der Waals surface area (Å²) >= 11 is 0. The van der Waals surface area contributed by atoms with E-state index in [2.05, 4.69) is 0 Å². The molecule has 1 fully saturated rings. The molecule has 1 aromatic carbocycles. The van der Waals surface area contributed by atoms with Gasteiger partial charge in [0.2, 0.25) is 11.8 Å². The van der Waals surface area contributed by atoms with Gasteiger partial charge in [0.1, 0.15) is 5.82 Å². The van der Waals surface area contributed by atoms with Gasteiger partial charge in [0, 0.05) is 18.9 Å². The fraction of sp³-hybridized carbons (Fsp3) is 0.154. The minimum atomic E-state index is -1.14. The summed E-state index contributed by atoms with van der Waals surface area (Å²) in [5, 5.41) is 8.46. The Kier molecular flexibility index (Phi) is 3.41. The molecule has 98 valence electrons. The average Bonchev–Trinajstić information content (AvgIpc) is 2.67. The topological polar surface area (TPSA) is 74.7 Å². The Labute approximate surface area is 107 Å².